The van der Waals surface area contributed by atoms with Gasteiger partial charge >= 0.3 is 5.97 Å². The highest BCUT2D eigenvalue weighted by Gasteiger charge is 2.16. The summed E-state index contributed by atoms with van der Waals surface area (Å²) in [7, 11) is 0. The van der Waals surface area contributed by atoms with Crippen LogP contribution in [0.1, 0.15) is 15.9 Å². The van der Waals surface area contributed by atoms with E-state index in [9.17, 15) is 18.4 Å². The Hall–Kier alpha value is -3.16. The van der Waals surface area contributed by atoms with Crippen LogP contribution in [0.15, 0.2) is 36.4 Å². The highest BCUT2D eigenvalue weighted by Crippen LogP contribution is 2.32. The van der Waals surface area contributed by atoms with Crippen LogP contribution in [0.2, 0.25) is 0 Å². The van der Waals surface area contributed by atoms with Gasteiger partial charge in [-0.3, -0.25) is 4.79 Å². The maximum absolute atomic E-state index is 13.4. The molecule has 2 aromatic carbocycles. The van der Waals surface area contributed by atoms with E-state index >= 15 is 0 Å². The molecule has 0 aromatic heterocycles. The predicted octanol–water partition coefficient (Wildman–Crippen LogP) is 2.17. The molecule has 0 aliphatic carbocycles. The zero-order valence-electron chi connectivity index (χ0n) is 12.9. The Bertz CT molecular complexity index is 825. The number of nitrogens with one attached hydrogen (secondary N) is 1. The van der Waals surface area contributed by atoms with E-state index in [4.69, 9.17) is 9.47 Å². The van der Waals surface area contributed by atoms with E-state index in [1.54, 1.807) is 18.2 Å². The van der Waals surface area contributed by atoms with Crippen LogP contribution in [-0.2, 0) is 16.1 Å². The SMILES string of the molecule is O=C(COC(=O)c1cc(F)ccc1F)NCc1ccc2c(c1)OCO2. The number of ether oxygens (including phenoxy) is 3. The minimum Gasteiger partial charge on any atom is -0.454 e. The number of esters is 1. The maximum Gasteiger partial charge on any atom is 0.341 e. The fourth-order valence-electron chi connectivity index (χ4n) is 2.17. The van der Waals surface area contributed by atoms with Gasteiger partial charge in [0.15, 0.2) is 18.1 Å². The van der Waals surface area contributed by atoms with Crippen molar-refractivity contribution in [3.8, 4) is 11.5 Å². The van der Waals surface area contributed by atoms with Gasteiger partial charge in [-0.15, -0.1) is 0 Å². The van der Waals surface area contributed by atoms with Gasteiger partial charge in [0, 0.05) is 6.54 Å². The molecule has 1 heterocycles. The molecule has 0 saturated carbocycles. The van der Waals surface area contributed by atoms with Gasteiger partial charge in [-0.2, -0.15) is 0 Å². The lowest BCUT2D eigenvalue weighted by Gasteiger charge is -2.08. The van der Waals surface area contributed by atoms with Crippen LogP contribution in [-0.4, -0.2) is 25.3 Å². The van der Waals surface area contributed by atoms with Crippen LogP contribution in [0.25, 0.3) is 0 Å². The highest BCUT2D eigenvalue weighted by atomic mass is 19.1. The van der Waals surface area contributed by atoms with Gasteiger partial charge < -0.3 is 19.5 Å². The van der Waals surface area contributed by atoms with E-state index in [1.165, 1.54) is 0 Å². The van der Waals surface area contributed by atoms with Crippen LogP contribution < -0.4 is 14.8 Å². The Morgan fingerprint density at radius 3 is 2.72 bits per heavy atom. The van der Waals surface area contributed by atoms with Crippen molar-refractivity contribution >= 4 is 11.9 Å². The third kappa shape index (κ3) is 4.03. The Morgan fingerprint density at radius 1 is 1.08 bits per heavy atom. The van der Waals surface area contributed by atoms with E-state index in [1.807, 2.05) is 0 Å². The summed E-state index contributed by atoms with van der Waals surface area (Å²) in [5.41, 5.74) is 0.198. The van der Waals surface area contributed by atoms with E-state index < -0.39 is 35.7 Å². The highest BCUT2D eigenvalue weighted by molar-refractivity contribution is 5.91. The molecule has 8 heteroatoms. The van der Waals surface area contributed by atoms with Crippen LogP contribution in [0.4, 0.5) is 8.78 Å². The molecule has 1 amide bonds. The molecule has 2 aromatic rings. The van der Waals surface area contributed by atoms with Crippen molar-refractivity contribution < 1.29 is 32.6 Å². The first-order chi connectivity index (χ1) is 12.0. The minimum atomic E-state index is -1.12. The average molecular weight is 349 g/mol. The van der Waals surface area contributed by atoms with Crippen molar-refractivity contribution in [2.45, 2.75) is 6.54 Å². The normalized spacial score (nSPS) is 11.9. The zero-order valence-corrected chi connectivity index (χ0v) is 12.9. The fraction of sp³-hybridized carbons (Fsp3) is 0.176. The number of fused-ring (bicyclic) bond motifs is 1. The Morgan fingerprint density at radius 2 is 1.88 bits per heavy atom. The van der Waals surface area contributed by atoms with Gasteiger partial charge in [0.05, 0.1) is 5.56 Å². The van der Waals surface area contributed by atoms with Gasteiger partial charge in [-0.25, -0.2) is 13.6 Å². The number of benzene rings is 2. The molecule has 0 atom stereocenters. The number of carbonyl (C=O) groups is 2. The zero-order chi connectivity index (χ0) is 17.8. The molecule has 0 unspecified atom stereocenters. The largest absolute Gasteiger partial charge is 0.454 e. The van der Waals surface area contributed by atoms with Crippen molar-refractivity contribution in [2.24, 2.45) is 0 Å². The number of carbonyl (C=O) groups excluding carboxylic acids is 2. The van der Waals surface area contributed by atoms with E-state index in [-0.39, 0.29) is 13.3 Å². The standard InChI is InChI=1S/C17H13F2NO5/c18-11-2-3-13(19)12(6-11)17(22)23-8-16(21)20-7-10-1-4-14-15(5-10)25-9-24-14/h1-6H,7-9H2,(H,20,21). The smallest absolute Gasteiger partial charge is 0.341 e. The van der Waals surface area contributed by atoms with Gasteiger partial charge in [-0.05, 0) is 35.9 Å². The fourth-order valence-corrected chi connectivity index (χ4v) is 2.17. The van der Waals surface area contributed by atoms with Crippen LogP contribution in [0, 0.1) is 11.6 Å². The lowest BCUT2D eigenvalue weighted by Crippen LogP contribution is -2.28. The van der Waals surface area contributed by atoms with Crippen molar-refractivity contribution in [3.63, 3.8) is 0 Å². The van der Waals surface area contributed by atoms with Gasteiger partial charge in [0.1, 0.15) is 11.6 Å². The molecule has 130 valence electrons. The number of halogens is 2. The quantitative estimate of drug-likeness (QED) is 0.838. The Kier molecular flexibility index (Phi) is 4.78. The number of rotatable bonds is 5. The van der Waals surface area contributed by atoms with Crippen molar-refractivity contribution in [3.05, 3.63) is 59.2 Å². The molecule has 0 bridgehead atoms. The van der Waals surface area contributed by atoms with E-state index in [0.29, 0.717) is 17.6 Å². The summed E-state index contributed by atoms with van der Waals surface area (Å²) >= 11 is 0. The molecule has 1 aliphatic rings. The van der Waals surface area contributed by atoms with Gasteiger partial charge in [0.25, 0.3) is 5.91 Å². The average Bonchev–Trinajstić information content (AvgIpc) is 3.07. The molecule has 0 radical (unpaired) electrons. The molecule has 1 N–H and O–H groups in total. The number of hydrogen-bond donors (Lipinski definition) is 1. The first-order valence-corrected chi connectivity index (χ1v) is 7.30. The summed E-state index contributed by atoms with van der Waals surface area (Å²) in [6.45, 7) is -0.279. The second-order valence-corrected chi connectivity index (χ2v) is 5.16. The van der Waals surface area contributed by atoms with Crippen molar-refractivity contribution in [2.75, 3.05) is 13.4 Å². The Balaban J connectivity index is 1.49. The summed E-state index contributed by atoms with van der Waals surface area (Å²) in [5.74, 6) is -2.19. The summed E-state index contributed by atoms with van der Waals surface area (Å²) in [5, 5.41) is 2.54. The summed E-state index contributed by atoms with van der Waals surface area (Å²) in [4.78, 5) is 23.4. The van der Waals surface area contributed by atoms with E-state index in [0.717, 1.165) is 17.7 Å². The molecular formula is C17H13F2NO5. The van der Waals surface area contributed by atoms with Crippen LogP contribution in [0.5, 0.6) is 11.5 Å². The van der Waals surface area contributed by atoms with Crippen LogP contribution in [0.3, 0.4) is 0 Å². The van der Waals surface area contributed by atoms with Gasteiger partial charge in [0.2, 0.25) is 6.79 Å². The maximum atomic E-state index is 13.4. The third-order valence-corrected chi connectivity index (χ3v) is 3.41. The second kappa shape index (κ2) is 7.16. The predicted molar refractivity (Wildman–Crippen MR) is 81.1 cm³/mol. The molecular weight excluding hydrogens is 336 g/mol. The molecule has 3 rings (SSSR count). The lowest BCUT2D eigenvalue weighted by molar-refractivity contribution is -0.124. The molecule has 1 aliphatic heterocycles. The lowest BCUT2D eigenvalue weighted by atomic mass is 10.2. The first kappa shape index (κ1) is 16.7. The third-order valence-electron chi connectivity index (χ3n) is 3.41. The van der Waals surface area contributed by atoms with Crippen molar-refractivity contribution in [1.82, 2.24) is 5.32 Å². The molecule has 0 saturated heterocycles. The topological polar surface area (TPSA) is 73.9 Å². The molecule has 6 nitrogen and oxygen atoms in total. The molecule has 0 fully saturated rings. The number of hydrogen-bond acceptors (Lipinski definition) is 5. The summed E-state index contributed by atoms with van der Waals surface area (Å²) in [6, 6.07) is 7.59. The monoisotopic (exact) mass is 349 g/mol. The summed E-state index contributed by atoms with van der Waals surface area (Å²) in [6.07, 6.45) is 0. The first-order valence-electron chi connectivity index (χ1n) is 7.30. The molecule has 25 heavy (non-hydrogen) atoms. The summed E-state index contributed by atoms with van der Waals surface area (Å²) < 4.78 is 41.6. The molecule has 0 spiro atoms. The number of amides is 1. The van der Waals surface area contributed by atoms with Crippen LogP contribution >= 0.6 is 0 Å². The van der Waals surface area contributed by atoms with E-state index in [2.05, 4.69) is 10.1 Å². The van der Waals surface area contributed by atoms with Crippen molar-refractivity contribution in [1.29, 1.82) is 0 Å². The second-order valence-electron chi connectivity index (χ2n) is 5.16. The van der Waals surface area contributed by atoms with Gasteiger partial charge in [-0.1, -0.05) is 6.07 Å². The Labute approximate surface area is 141 Å². The minimum absolute atomic E-state index is 0.151.